The molecule has 1 fully saturated rings. The molecular weight excluding hydrogens is 350 g/mol. The van der Waals surface area contributed by atoms with Crippen LogP contribution >= 0.6 is 0 Å². The lowest BCUT2D eigenvalue weighted by Gasteiger charge is -2.37. The molecule has 1 rings (SSSR count). The number of rotatable bonds is 5. The Morgan fingerprint density at radius 1 is 1.12 bits per heavy atom. The SMILES string of the molecule is CCOC(=O)C1C(CO[Si](C)(C)C(C)(C)C)CCN1C(=O)OC(C)(C)C. The summed E-state index contributed by atoms with van der Waals surface area (Å²) in [6.45, 7) is 19.4. The van der Waals surface area contributed by atoms with Gasteiger partial charge >= 0.3 is 12.1 Å². The van der Waals surface area contributed by atoms with E-state index in [0.717, 1.165) is 0 Å². The minimum absolute atomic E-state index is 0.0734. The number of likely N-dealkylation sites (tertiary alicyclic amines) is 1. The van der Waals surface area contributed by atoms with Crippen LogP contribution in [0, 0.1) is 5.92 Å². The summed E-state index contributed by atoms with van der Waals surface area (Å²) in [6, 6.07) is -0.644. The van der Waals surface area contributed by atoms with Gasteiger partial charge in [-0.2, -0.15) is 0 Å². The van der Waals surface area contributed by atoms with E-state index in [0.29, 0.717) is 19.6 Å². The lowest BCUT2D eigenvalue weighted by atomic mass is 10.0. The maximum atomic E-state index is 12.5. The van der Waals surface area contributed by atoms with Crippen LogP contribution < -0.4 is 0 Å². The number of carbonyl (C=O) groups is 2. The molecule has 0 aliphatic carbocycles. The molecule has 7 heteroatoms. The topological polar surface area (TPSA) is 65.1 Å². The molecule has 0 bridgehead atoms. The van der Waals surface area contributed by atoms with Crippen LogP contribution in [0.3, 0.4) is 0 Å². The molecule has 1 aliphatic heterocycles. The Bertz CT molecular complexity index is 507. The molecule has 1 aliphatic rings. The van der Waals surface area contributed by atoms with E-state index in [-0.39, 0.29) is 23.5 Å². The Morgan fingerprint density at radius 3 is 2.15 bits per heavy atom. The average molecular weight is 388 g/mol. The van der Waals surface area contributed by atoms with E-state index in [1.807, 2.05) is 20.8 Å². The number of hydrogen-bond donors (Lipinski definition) is 0. The maximum Gasteiger partial charge on any atom is 0.411 e. The van der Waals surface area contributed by atoms with Gasteiger partial charge in [0.05, 0.1) is 6.61 Å². The molecule has 0 aromatic carbocycles. The zero-order chi connectivity index (χ0) is 20.3. The van der Waals surface area contributed by atoms with Crippen LogP contribution in [0.25, 0.3) is 0 Å². The Labute approximate surface area is 159 Å². The van der Waals surface area contributed by atoms with Crippen LogP contribution in [0.4, 0.5) is 4.79 Å². The van der Waals surface area contributed by atoms with Gasteiger partial charge in [-0.3, -0.25) is 4.90 Å². The molecule has 0 spiro atoms. The third kappa shape index (κ3) is 5.98. The largest absolute Gasteiger partial charge is 0.464 e. The summed E-state index contributed by atoms with van der Waals surface area (Å²) in [5.41, 5.74) is -0.605. The molecule has 0 aromatic heterocycles. The molecule has 6 nitrogen and oxygen atoms in total. The second kappa shape index (κ2) is 8.29. The quantitative estimate of drug-likeness (QED) is 0.522. The van der Waals surface area contributed by atoms with Gasteiger partial charge in [-0.05, 0) is 52.2 Å². The van der Waals surface area contributed by atoms with E-state index in [4.69, 9.17) is 13.9 Å². The van der Waals surface area contributed by atoms with Crippen LogP contribution in [0.15, 0.2) is 0 Å². The summed E-state index contributed by atoms with van der Waals surface area (Å²) in [6.07, 6.45) is 0.238. The molecule has 26 heavy (non-hydrogen) atoms. The third-order valence-electron chi connectivity index (χ3n) is 5.14. The standard InChI is InChI=1S/C19H37NO5Si/c1-10-23-16(21)15-14(13-24-26(8,9)19(5,6)7)11-12-20(15)17(22)25-18(2,3)4/h14-15H,10-13H2,1-9H3. The van der Waals surface area contributed by atoms with E-state index in [1.54, 1.807) is 6.92 Å². The summed E-state index contributed by atoms with van der Waals surface area (Å²) in [5, 5.41) is 0.0931. The molecule has 0 saturated carbocycles. The molecule has 1 saturated heterocycles. The third-order valence-corrected chi connectivity index (χ3v) is 9.64. The predicted octanol–water partition coefficient (Wildman–Crippen LogP) is 4.20. The van der Waals surface area contributed by atoms with Crippen molar-refractivity contribution in [1.29, 1.82) is 0 Å². The van der Waals surface area contributed by atoms with Crippen molar-refractivity contribution in [2.24, 2.45) is 5.92 Å². The summed E-state index contributed by atoms with van der Waals surface area (Å²) in [5.74, 6) is -0.449. The van der Waals surface area contributed by atoms with Crippen LogP contribution in [-0.4, -0.2) is 56.7 Å². The van der Waals surface area contributed by atoms with E-state index < -0.39 is 26.1 Å². The van der Waals surface area contributed by atoms with Gasteiger partial charge in [0, 0.05) is 19.1 Å². The first-order valence-electron chi connectivity index (χ1n) is 9.50. The predicted molar refractivity (Wildman–Crippen MR) is 105 cm³/mol. The molecule has 1 heterocycles. The second-order valence-corrected chi connectivity index (χ2v) is 14.3. The minimum Gasteiger partial charge on any atom is -0.464 e. The first kappa shape index (κ1) is 23.0. The van der Waals surface area contributed by atoms with E-state index in [2.05, 4.69) is 33.9 Å². The highest BCUT2D eigenvalue weighted by molar-refractivity contribution is 6.74. The van der Waals surface area contributed by atoms with Crippen molar-refractivity contribution in [2.75, 3.05) is 19.8 Å². The monoisotopic (exact) mass is 387 g/mol. The highest BCUT2D eigenvalue weighted by Gasteiger charge is 2.46. The van der Waals surface area contributed by atoms with Crippen LogP contribution in [-0.2, 0) is 18.7 Å². The summed E-state index contributed by atoms with van der Waals surface area (Å²) >= 11 is 0. The lowest BCUT2D eigenvalue weighted by molar-refractivity contribution is -0.150. The molecular formula is C19H37NO5Si. The highest BCUT2D eigenvalue weighted by atomic mass is 28.4. The van der Waals surface area contributed by atoms with Gasteiger partial charge in [0.25, 0.3) is 0 Å². The number of carbonyl (C=O) groups excluding carboxylic acids is 2. The highest BCUT2D eigenvalue weighted by Crippen LogP contribution is 2.38. The van der Waals surface area contributed by atoms with Crippen LogP contribution in [0.5, 0.6) is 0 Å². The van der Waals surface area contributed by atoms with Gasteiger partial charge in [0.2, 0.25) is 0 Å². The number of hydrogen-bond acceptors (Lipinski definition) is 5. The second-order valence-electron chi connectivity index (χ2n) is 9.49. The zero-order valence-electron chi connectivity index (χ0n) is 18.0. The fraction of sp³-hybridized carbons (Fsp3) is 0.895. The Hall–Kier alpha value is -1.08. The van der Waals surface area contributed by atoms with Crippen molar-refractivity contribution in [3.63, 3.8) is 0 Å². The number of esters is 1. The first-order valence-corrected chi connectivity index (χ1v) is 12.4. The lowest BCUT2D eigenvalue weighted by Crippen LogP contribution is -2.48. The Balaban J connectivity index is 2.91. The van der Waals surface area contributed by atoms with Gasteiger partial charge in [-0.25, -0.2) is 9.59 Å². The Kier molecular flexibility index (Phi) is 7.32. The van der Waals surface area contributed by atoms with Gasteiger partial charge in [-0.15, -0.1) is 0 Å². The summed E-state index contributed by atoms with van der Waals surface area (Å²) in [7, 11) is -1.93. The molecule has 1 amide bonds. The molecule has 2 unspecified atom stereocenters. The number of nitrogens with zero attached hydrogens (tertiary/aromatic N) is 1. The molecule has 0 aromatic rings. The van der Waals surface area contributed by atoms with Gasteiger partial charge < -0.3 is 13.9 Å². The smallest absolute Gasteiger partial charge is 0.411 e. The van der Waals surface area contributed by atoms with Crippen LogP contribution in [0.2, 0.25) is 18.1 Å². The zero-order valence-corrected chi connectivity index (χ0v) is 19.0. The number of ether oxygens (including phenoxy) is 2. The maximum absolute atomic E-state index is 12.5. The van der Waals surface area contributed by atoms with E-state index >= 15 is 0 Å². The van der Waals surface area contributed by atoms with Crippen molar-refractivity contribution < 1.29 is 23.5 Å². The molecule has 152 valence electrons. The summed E-state index contributed by atoms with van der Waals surface area (Å²) in [4.78, 5) is 26.6. The molecule has 0 radical (unpaired) electrons. The van der Waals surface area contributed by atoms with Gasteiger partial charge in [0.1, 0.15) is 11.6 Å². The van der Waals surface area contributed by atoms with Crippen molar-refractivity contribution >= 4 is 20.4 Å². The summed E-state index contributed by atoms with van der Waals surface area (Å²) < 4.78 is 17.0. The van der Waals surface area contributed by atoms with Crippen molar-refractivity contribution in [2.45, 2.75) is 84.7 Å². The van der Waals surface area contributed by atoms with E-state index in [9.17, 15) is 9.59 Å². The fourth-order valence-corrected chi connectivity index (χ4v) is 3.70. The van der Waals surface area contributed by atoms with Crippen molar-refractivity contribution in [3.05, 3.63) is 0 Å². The van der Waals surface area contributed by atoms with Crippen molar-refractivity contribution in [1.82, 2.24) is 4.90 Å². The van der Waals surface area contributed by atoms with Gasteiger partial charge in [0.15, 0.2) is 8.32 Å². The first-order chi connectivity index (χ1) is 11.7. The van der Waals surface area contributed by atoms with Gasteiger partial charge in [-0.1, -0.05) is 20.8 Å². The number of amides is 1. The Morgan fingerprint density at radius 2 is 1.69 bits per heavy atom. The average Bonchev–Trinajstić information content (AvgIpc) is 2.86. The normalized spacial score (nSPS) is 21.7. The fourth-order valence-electron chi connectivity index (χ4n) is 2.64. The van der Waals surface area contributed by atoms with E-state index in [1.165, 1.54) is 4.90 Å². The molecule has 0 N–H and O–H groups in total. The van der Waals surface area contributed by atoms with Crippen LogP contribution in [0.1, 0.15) is 54.9 Å². The molecule has 2 atom stereocenters. The minimum atomic E-state index is -1.93. The van der Waals surface area contributed by atoms with Crippen molar-refractivity contribution in [3.8, 4) is 0 Å².